The summed E-state index contributed by atoms with van der Waals surface area (Å²) in [6.45, 7) is 1.71. The molecule has 1 aliphatic heterocycles. The average molecular weight is 404 g/mol. The normalized spacial score (nSPS) is 15.5. The Balaban J connectivity index is 1.80. The maximum absolute atomic E-state index is 12.1. The van der Waals surface area contributed by atoms with Gasteiger partial charge in [0.25, 0.3) is 5.91 Å². The van der Waals surface area contributed by atoms with Gasteiger partial charge in [0.1, 0.15) is 0 Å². The molecular formula is C15H18ClN3O6S. The van der Waals surface area contributed by atoms with Crippen LogP contribution in [-0.4, -0.2) is 57.0 Å². The molecule has 26 heavy (non-hydrogen) atoms. The molecule has 0 radical (unpaired) electrons. The van der Waals surface area contributed by atoms with Crippen LogP contribution in [-0.2, 0) is 24.3 Å². The largest absolute Gasteiger partial charge is 0.452 e. The molecule has 2 N–H and O–H groups in total. The highest BCUT2D eigenvalue weighted by atomic mass is 35.5. The number of sulfonamides is 1. The third-order valence-corrected chi connectivity index (χ3v) is 5.25. The number of halogens is 1. The lowest BCUT2D eigenvalue weighted by Gasteiger charge is -2.18. The molecule has 1 heterocycles. The SMILES string of the molecule is C[C@H](OC(=O)CCNS(=O)(=O)c1ccc(Cl)cc1)C(=O)N1CCNC1=O. The third kappa shape index (κ3) is 5.16. The molecule has 2 rings (SSSR count). The molecule has 3 amide bonds. The van der Waals surface area contributed by atoms with Crippen molar-refractivity contribution in [3.63, 3.8) is 0 Å². The predicted molar refractivity (Wildman–Crippen MR) is 91.9 cm³/mol. The van der Waals surface area contributed by atoms with Gasteiger partial charge in [-0.15, -0.1) is 0 Å². The minimum absolute atomic E-state index is 0.0128. The summed E-state index contributed by atoms with van der Waals surface area (Å²) in [7, 11) is -3.78. The zero-order valence-corrected chi connectivity index (χ0v) is 15.5. The van der Waals surface area contributed by atoms with Gasteiger partial charge in [-0.25, -0.2) is 17.9 Å². The first-order valence-electron chi connectivity index (χ1n) is 7.74. The van der Waals surface area contributed by atoms with Crippen molar-refractivity contribution in [2.75, 3.05) is 19.6 Å². The first-order valence-corrected chi connectivity index (χ1v) is 9.61. The number of ether oxygens (including phenoxy) is 1. The number of benzene rings is 1. The fourth-order valence-corrected chi connectivity index (χ4v) is 3.35. The van der Waals surface area contributed by atoms with E-state index in [1.807, 2.05) is 0 Å². The fraction of sp³-hybridized carbons (Fsp3) is 0.400. The maximum Gasteiger partial charge on any atom is 0.324 e. The van der Waals surface area contributed by atoms with Crippen LogP contribution in [0.15, 0.2) is 29.2 Å². The van der Waals surface area contributed by atoms with Crippen LogP contribution in [0.25, 0.3) is 0 Å². The van der Waals surface area contributed by atoms with E-state index in [2.05, 4.69) is 10.0 Å². The minimum Gasteiger partial charge on any atom is -0.452 e. The van der Waals surface area contributed by atoms with Gasteiger partial charge in [0.05, 0.1) is 11.3 Å². The molecule has 0 unspecified atom stereocenters. The van der Waals surface area contributed by atoms with Crippen molar-refractivity contribution in [1.29, 1.82) is 0 Å². The van der Waals surface area contributed by atoms with Crippen LogP contribution in [0.3, 0.4) is 0 Å². The van der Waals surface area contributed by atoms with Crippen LogP contribution < -0.4 is 10.0 Å². The van der Waals surface area contributed by atoms with Gasteiger partial charge in [-0.2, -0.15) is 0 Å². The summed E-state index contributed by atoms with van der Waals surface area (Å²) in [5.74, 6) is -1.39. The Kier molecular flexibility index (Phi) is 6.57. The number of nitrogens with one attached hydrogen (secondary N) is 2. The van der Waals surface area contributed by atoms with Crippen molar-refractivity contribution in [1.82, 2.24) is 14.9 Å². The van der Waals surface area contributed by atoms with Gasteiger partial charge in [0.2, 0.25) is 10.0 Å². The molecule has 1 aliphatic rings. The minimum atomic E-state index is -3.78. The second-order valence-corrected chi connectivity index (χ2v) is 7.66. The lowest BCUT2D eigenvalue weighted by Crippen LogP contribution is -2.42. The summed E-state index contributed by atoms with van der Waals surface area (Å²) in [5, 5.41) is 2.87. The molecule has 0 aromatic heterocycles. The summed E-state index contributed by atoms with van der Waals surface area (Å²) in [6.07, 6.45) is -1.41. The Morgan fingerprint density at radius 2 is 2.00 bits per heavy atom. The van der Waals surface area contributed by atoms with E-state index >= 15 is 0 Å². The number of esters is 1. The average Bonchev–Trinajstić information content (AvgIpc) is 3.00. The van der Waals surface area contributed by atoms with E-state index in [0.717, 1.165) is 4.90 Å². The smallest absolute Gasteiger partial charge is 0.324 e. The Bertz CT molecular complexity index is 796. The van der Waals surface area contributed by atoms with E-state index in [1.165, 1.54) is 31.2 Å². The van der Waals surface area contributed by atoms with Gasteiger partial charge in [0, 0.05) is 24.7 Å². The Labute approximate surface area is 155 Å². The number of nitrogens with zero attached hydrogens (tertiary/aromatic N) is 1. The highest BCUT2D eigenvalue weighted by Gasteiger charge is 2.31. The summed E-state index contributed by atoms with van der Waals surface area (Å²) in [4.78, 5) is 36.2. The van der Waals surface area contributed by atoms with Crippen molar-refractivity contribution in [3.8, 4) is 0 Å². The predicted octanol–water partition coefficient (Wildman–Crippen LogP) is 0.492. The molecule has 9 nitrogen and oxygen atoms in total. The van der Waals surface area contributed by atoms with E-state index < -0.39 is 34.0 Å². The number of imide groups is 1. The van der Waals surface area contributed by atoms with Crippen LogP contribution in [0, 0.1) is 0 Å². The molecule has 142 valence electrons. The van der Waals surface area contributed by atoms with Crippen LogP contribution >= 0.6 is 11.6 Å². The van der Waals surface area contributed by atoms with Crippen molar-refractivity contribution < 1.29 is 27.5 Å². The van der Waals surface area contributed by atoms with Crippen molar-refractivity contribution in [3.05, 3.63) is 29.3 Å². The summed E-state index contributed by atoms with van der Waals surface area (Å²) in [6, 6.07) is 5.02. The fourth-order valence-electron chi connectivity index (χ4n) is 2.19. The first-order chi connectivity index (χ1) is 12.2. The molecule has 1 aromatic carbocycles. The number of hydrogen-bond acceptors (Lipinski definition) is 6. The number of amides is 3. The van der Waals surface area contributed by atoms with Crippen LogP contribution in [0.1, 0.15) is 13.3 Å². The molecule has 1 saturated heterocycles. The lowest BCUT2D eigenvalue weighted by atomic mass is 10.3. The summed E-state index contributed by atoms with van der Waals surface area (Å²) < 4.78 is 31.3. The van der Waals surface area contributed by atoms with E-state index in [-0.39, 0.29) is 24.4 Å². The van der Waals surface area contributed by atoms with Crippen molar-refractivity contribution >= 4 is 39.5 Å². The molecule has 1 fully saturated rings. The molecule has 0 aliphatic carbocycles. The Morgan fingerprint density at radius 1 is 1.35 bits per heavy atom. The number of hydrogen-bond donors (Lipinski definition) is 2. The van der Waals surface area contributed by atoms with E-state index in [0.29, 0.717) is 11.6 Å². The zero-order valence-electron chi connectivity index (χ0n) is 13.9. The number of carbonyl (C=O) groups excluding carboxylic acids is 3. The topological polar surface area (TPSA) is 122 Å². The quantitative estimate of drug-likeness (QED) is 0.639. The van der Waals surface area contributed by atoms with E-state index in [1.54, 1.807) is 0 Å². The van der Waals surface area contributed by atoms with Crippen LogP contribution in [0.5, 0.6) is 0 Å². The van der Waals surface area contributed by atoms with E-state index in [9.17, 15) is 22.8 Å². The molecule has 1 atom stereocenters. The van der Waals surface area contributed by atoms with Gasteiger partial charge in [0.15, 0.2) is 6.10 Å². The number of urea groups is 1. The molecule has 0 bridgehead atoms. The van der Waals surface area contributed by atoms with Gasteiger partial charge in [-0.3, -0.25) is 14.5 Å². The van der Waals surface area contributed by atoms with Gasteiger partial charge in [-0.05, 0) is 31.2 Å². The molecule has 1 aromatic rings. The zero-order chi connectivity index (χ0) is 19.3. The number of carbonyl (C=O) groups is 3. The third-order valence-electron chi connectivity index (χ3n) is 3.52. The second kappa shape index (κ2) is 8.47. The maximum atomic E-state index is 12.1. The van der Waals surface area contributed by atoms with Gasteiger partial charge < -0.3 is 10.1 Å². The Hall–Kier alpha value is -2.17. The van der Waals surface area contributed by atoms with Crippen molar-refractivity contribution in [2.45, 2.75) is 24.3 Å². The highest BCUT2D eigenvalue weighted by molar-refractivity contribution is 7.89. The molecular weight excluding hydrogens is 386 g/mol. The summed E-state index contributed by atoms with van der Waals surface area (Å²) in [5.41, 5.74) is 0. The number of rotatable bonds is 7. The monoisotopic (exact) mass is 403 g/mol. The molecule has 11 heteroatoms. The standard InChI is InChI=1S/C15H18ClN3O6S/c1-10(14(21)19-9-8-17-15(19)22)25-13(20)6-7-18-26(23,24)12-4-2-11(16)3-5-12/h2-5,10,18H,6-9H2,1H3,(H,17,22)/t10-/m0/s1. The van der Waals surface area contributed by atoms with Crippen LogP contribution in [0.4, 0.5) is 4.79 Å². The molecule has 0 spiro atoms. The first kappa shape index (κ1) is 20.1. The summed E-state index contributed by atoms with van der Waals surface area (Å²) >= 11 is 5.71. The van der Waals surface area contributed by atoms with Crippen LogP contribution in [0.2, 0.25) is 5.02 Å². The van der Waals surface area contributed by atoms with Gasteiger partial charge in [-0.1, -0.05) is 11.6 Å². The van der Waals surface area contributed by atoms with Gasteiger partial charge >= 0.3 is 12.0 Å². The molecule has 0 saturated carbocycles. The van der Waals surface area contributed by atoms with E-state index in [4.69, 9.17) is 16.3 Å². The Morgan fingerprint density at radius 3 is 2.58 bits per heavy atom. The second-order valence-electron chi connectivity index (χ2n) is 5.46. The lowest BCUT2D eigenvalue weighted by molar-refractivity contribution is -0.157. The van der Waals surface area contributed by atoms with Crippen molar-refractivity contribution in [2.24, 2.45) is 0 Å². The highest BCUT2D eigenvalue weighted by Crippen LogP contribution is 2.13.